The molecule has 9 heteroatoms. The highest BCUT2D eigenvalue weighted by Crippen LogP contribution is 2.17. The molecule has 1 saturated heterocycles. The van der Waals surface area contributed by atoms with Gasteiger partial charge < -0.3 is 14.8 Å². The Balaban J connectivity index is 1.31. The number of halogens is 1. The van der Waals surface area contributed by atoms with Crippen molar-refractivity contribution in [3.63, 3.8) is 0 Å². The normalized spacial score (nSPS) is 15.6. The van der Waals surface area contributed by atoms with Crippen molar-refractivity contribution in [2.24, 2.45) is 5.10 Å². The quantitative estimate of drug-likeness (QED) is 0.350. The van der Waals surface area contributed by atoms with Crippen molar-refractivity contribution in [1.82, 2.24) is 10.7 Å². The second-order valence-electron chi connectivity index (χ2n) is 7.21. The van der Waals surface area contributed by atoms with Crippen molar-refractivity contribution in [2.45, 2.75) is 24.7 Å². The number of nitrogens with one attached hydrogen (secondary N) is 2. The van der Waals surface area contributed by atoms with E-state index in [9.17, 15) is 9.59 Å². The molecular weight excluding hydrogens is 494 g/mol. The van der Waals surface area contributed by atoms with E-state index < -0.39 is 0 Å². The summed E-state index contributed by atoms with van der Waals surface area (Å²) in [5, 5.41) is 6.80. The van der Waals surface area contributed by atoms with Gasteiger partial charge in [0.15, 0.2) is 6.61 Å². The zero-order chi connectivity index (χ0) is 22.6. The highest BCUT2D eigenvalue weighted by molar-refractivity contribution is 9.10. The molecule has 0 unspecified atom stereocenters. The van der Waals surface area contributed by atoms with Crippen LogP contribution >= 0.6 is 27.7 Å². The summed E-state index contributed by atoms with van der Waals surface area (Å²) in [5.74, 6) is 1.33. The van der Waals surface area contributed by atoms with Crippen molar-refractivity contribution in [2.75, 3.05) is 25.5 Å². The van der Waals surface area contributed by atoms with Gasteiger partial charge in [-0.05, 0) is 60.4 Å². The van der Waals surface area contributed by atoms with Gasteiger partial charge in [-0.25, -0.2) is 5.43 Å². The van der Waals surface area contributed by atoms with Gasteiger partial charge >= 0.3 is 0 Å². The molecule has 1 aliphatic rings. The summed E-state index contributed by atoms with van der Waals surface area (Å²) >= 11 is 4.97. The number of nitrogens with zero attached hydrogens (tertiary/aromatic N) is 1. The molecule has 1 heterocycles. The maximum absolute atomic E-state index is 11.9. The number of carbonyl (C=O) groups is 2. The fourth-order valence-corrected chi connectivity index (χ4v) is 4.20. The molecule has 0 bridgehead atoms. The van der Waals surface area contributed by atoms with Gasteiger partial charge in [-0.2, -0.15) is 5.10 Å². The molecule has 1 aliphatic heterocycles. The first-order chi connectivity index (χ1) is 15.6. The Morgan fingerprint density at radius 1 is 1.22 bits per heavy atom. The largest absolute Gasteiger partial charge is 0.484 e. The van der Waals surface area contributed by atoms with Crippen LogP contribution in [0.2, 0.25) is 0 Å². The van der Waals surface area contributed by atoms with Crippen molar-refractivity contribution in [3.8, 4) is 5.75 Å². The molecule has 1 atom stereocenters. The molecular formula is C23H26BrN3O4S. The lowest BCUT2D eigenvalue weighted by molar-refractivity contribution is -0.123. The molecule has 3 rings (SSSR count). The summed E-state index contributed by atoms with van der Waals surface area (Å²) in [6.45, 7) is 1.24. The number of ether oxygens (including phenoxy) is 2. The van der Waals surface area contributed by atoms with Crippen LogP contribution in [0.5, 0.6) is 5.75 Å². The third-order valence-corrected chi connectivity index (χ3v) is 6.09. The average Bonchev–Trinajstić information content (AvgIpc) is 3.31. The topological polar surface area (TPSA) is 89.0 Å². The van der Waals surface area contributed by atoms with E-state index in [1.165, 1.54) is 11.8 Å². The molecule has 2 aromatic rings. The number of hydrogen-bond acceptors (Lipinski definition) is 6. The van der Waals surface area contributed by atoms with Gasteiger partial charge in [0.05, 0.1) is 18.1 Å². The number of amides is 2. The minimum absolute atomic E-state index is 0.0478. The van der Waals surface area contributed by atoms with Gasteiger partial charge in [-0.15, -0.1) is 11.8 Å². The molecule has 7 nitrogen and oxygen atoms in total. The predicted molar refractivity (Wildman–Crippen MR) is 130 cm³/mol. The van der Waals surface area contributed by atoms with E-state index in [1.54, 1.807) is 30.5 Å². The van der Waals surface area contributed by atoms with Crippen LogP contribution in [0.1, 0.15) is 24.0 Å². The first-order valence-corrected chi connectivity index (χ1v) is 12.3. The van der Waals surface area contributed by atoms with Crippen LogP contribution in [0, 0.1) is 0 Å². The van der Waals surface area contributed by atoms with Gasteiger partial charge in [0.2, 0.25) is 5.91 Å². The fraction of sp³-hybridized carbons (Fsp3) is 0.348. The van der Waals surface area contributed by atoms with Crippen LogP contribution in [0.25, 0.3) is 0 Å². The zero-order valence-electron chi connectivity index (χ0n) is 17.6. The Morgan fingerprint density at radius 2 is 2.06 bits per heavy atom. The lowest BCUT2D eigenvalue weighted by atomic mass is 10.2. The molecule has 2 amide bonds. The van der Waals surface area contributed by atoms with Crippen molar-refractivity contribution in [3.05, 3.63) is 64.1 Å². The molecule has 1 fully saturated rings. The van der Waals surface area contributed by atoms with E-state index >= 15 is 0 Å². The second kappa shape index (κ2) is 13.2. The Hall–Kier alpha value is -2.36. The van der Waals surface area contributed by atoms with Crippen LogP contribution in [-0.4, -0.2) is 49.6 Å². The summed E-state index contributed by atoms with van der Waals surface area (Å²) in [6, 6.07) is 15.1. The molecule has 170 valence electrons. The van der Waals surface area contributed by atoms with Crippen LogP contribution in [0.15, 0.2) is 58.1 Å². The van der Waals surface area contributed by atoms with Crippen LogP contribution < -0.4 is 15.5 Å². The van der Waals surface area contributed by atoms with Gasteiger partial charge in [0.1, 0.15) is 5.75 Å². The monoisotopic (exact) mass is 519 g/mol. The van der Waals surface area contributed by atoms with Crippen LogP contribution in [0.3, 0.4) is 0 Å². The lowest BCUT2D eigenvalue weighted by Crippen LogP contribution is -2.35. The SMILES string of the molecule is O=C(COc1ccc(/C=N\NC(=O)CSCc2cccc(Br)c2)cc1)NC[C@H]1CCCO1. The minimum atomic E-state index is -0.174. The Bertz CT molecular complexity index is 918. The summed E-state index contributed by atoms with van der Waals surface area (Å²) in [7, 11) is 0. The number of thioether (sulfide) groups is 1. The lowest BCUT2D eigenvalue weighted by Gasteiger charge is -2.11. The minimum Gasteiger partial charge on any atom is -0.484 e. The summed E-state index contributed by atoms with van der Waals surface area (Å²) < 4.78 is 12.0. The smallest absolute Gasteiger partial charge is 0.258 e. The second-order valence-corrected chi connectivity index (χ2v) is 9.11. The highest BCUT2D eigenvalue weighted by atomic mass is 79.9. The van der Waals surface area contributed by atoms with Crippen LogP contribution in [-0.2, 0) is 20.1 Å². The summed E-state index contributed by atoms with van der Waals surface area (Å²) in [4.78, 5) is 23.8. The molecule has 2 aromatic carbocycles. The third-order valence-electron chi connectivity index (χ3n) is 4.59. The fourth-order valence-electron chi connectivity index (χ4n) is 2.98. The van der Waals surface area contributed by atoms with Gasteiger partial charge in [0, 0.05) is 23.4 Å². The van der Waals surface area contributed by atoms with Gasteiger partial charge in [-0.3, -0.25) is 9.59 Å². The van der Waals surface area contributed by atoms with Crippen LogP contribution in [0.4, 0.5) is 0 Å². The summed E-state index contributed by atoms with van der Waals surface area (Å²) in [5.41, 5.74) is 4.49. The highest BCUT2D eigenvalue weighted by Gasteiger charge is 2.16. The van der Waals surface area contributed by atoms with Crippen molar-refractivity contribution in [1.29, 1.82) is 0 Å². The first-order valence-electron chi connectivity index (χ1n) is 10.3. The molecule has 0 aromatic heterocycles. The standard InChI is InChI=1S/C23H26BrN3O4S/c24-19-4-1-3-18(11-19)15-32-16-23(29)27-26-12-17-6-8-20(9-7-17)31-14-22(28)25-13-21-5-2-10-30-21/h1,3-4,6-9,11-12,21H,2,5,10,13-16H2,(H,25,28)(H,27,29)/b26-12-/t21-/m1/s1. The number of hydrogen-bond donors (Lipinski definition) is 2. The van der Waals surface area contributed by atoms with E-state index in [-0.39, 0.29) is 24.5 Å². The van der Waals surface area contributed by atoms with Gasteiger partial charge in [0.25, 0.3) is 5.91 Å². The van der Waals surface area contributed by atoms with E-state index in [4.69, 9.17) is 9.47 Å². The van der Waals surface area contributed by atoms with E-state index in [0.717, 1.165) is 40.8 Å². The van der Waals surface area contributed by atoms with Gasteiger partial charge in [-0.1, -0.05) is 28.1 Å². The Labute approximate surface area is 200 Å². The molecule has 0 radical (unpaired) electrons. The maximum Gasteiger partial charge on any atom is 0.258 e. The van der Waals surface area contributed by atoms with E-state index in [2.05, 4.69) is 31.8 Å². The number of benzene rings is 2. The first kappa shape index (κ1) is 24.3. The Morgan fingerprint density at radius 3 is 2.81 bits per heavy atom. The average molecular weight is 520 g/mol. The number of carbonyl (C=O) groups excluding carboxylic acids is 2. The predicted octanol–water partition coefficient (Wildman–Crippen LogP) is 3.51. The number of hydrazone groups is 1. The van der Waals surface area contributed by atoms with E-state index in [0.29, 0.717) is 18.0 Å². The molecule has 0 saturated carbocycles. The number of rotatable bonds is 11. The molecule has 0 aliphatic carbocycles. The summed E-state index contributed by atoms with van der Waals surface area (Å²) in [6.07, 6.45) is 3.70. The third kappa shape index (κ3) is 9.02. The maximum atomic E-state index is 11.9. The molecule has 32 heavy (non-hydrogen) atoms. The van der Waals surface area contributed by atoms with Crippen molar-refractivity contribution < 1.29 is 19.1 Å². The molecule has 2 N–H and O–H groups in total. The Kier molecular flexibility index (Phi) is 10.1. The van der Waals surface area contributed by atoms with E-state index in [1.807, 2.05) is 24.3 Å². The zero-order valence-corrected chi connectivity index (χ0v) is 20.0. The molecule has 0 spiro atoms. The van der Waals surface area contributed by atoms with Crippen molar-refractivity contribution >= 4 is 45.7 Å².